The van der Waals surface area contributed by atoms with Gasteiger partial charge in [0.2, 0.25) is 5.91 Å². The van der Waals surface area contributed by atoms with Gasteiger partial charge in [0.25, 0.3) is 0 Å². The van der Waals surface area contributed by atoms with E-state index in [1.54, 1.807) is 29.2 Å². The highest BCUT2D eigenvalue weighted by Crippen LogP contribution is 2.43. The molecule has 1 atom stereocenters. The van der Waals surface area contributed by atoms with E-state index < -0.39 is 11.6 Å². The lowest BCUT2D eigenvalue weighted by Crippen LogP contribution is -2.49. The number of anilines is 1. The zero-order valence-electron chi connectivity index (χ0n) is 15.7. The Labute approximate surface area is 188 Å². The molecule has 0 saturated carbocycles. The average Bonchev–Trinajstić information content (AvgIpc) is 3.06. The van der Waals surface area contributed by atoms with Crippen LogP contribution in [0.25, 0.3) is 0 Å². The van der Waals surface area contributed by atoms with Gasteiger partial charge in [0.1, 0.15) is 12.0 Å². The minimum Gasteiger partial charge on any atom is -0.447 e. The van der Waals surface area contributed by atoms with Crippen LogP contribution in [-0.2, 0) is 9.53 Å². The van der Waals surface area contributed by atoms with E-state index in [0.717, 1.165) is 5.56 Å². The molecule has 154 valence electrons. The number of ether oxygens (including phenoxy) is 1. The number of rotatable bonds is 5. The van der Waals surface area contributed by atoms with Crippen molar-refractivity contribution in [1.29, 1.82) is 0 Å². The van der Waals surface area contributed by atoms with Gasteiger partial charge in [-0.15, -0.1) is 11.8 Å². The smallest absolute Gasteiger partial charge is 0.411 e. The summed E-state index contributed by atoms with van der Waals surface area (Å²) >= 11 is 19.3. The second-order valence-electron chi connectivity index (χ2n) is 7.12. The van der Waals surface area contributed by atoms with Gasteiger partial charge in [-0.1, -0.05) is 46.9 Å². The Bertz CT molecular complexity index is 922. The average molecular weight is 474 g/mol. The number of benzene rings is 2. The summed E-state index contributed by atoms with van der Waals surface area (Å²) < 4.78 is 5.39. The largest absolute Gasteiger partial charge is 0.447 e. The third kappa shape index (κ3) is 5.31. The summed E-state index contributed by atoms with van der Waals surface area (Å²) in [4.78, 5) is 26.5. The zero-order chi connectivity index (χ0) is 21.2. The second-order valence-corrected chi connectivity index (χ2v) is 9.44. The Hall–Kier alpha value is -1.60. The van der Waals surface area contributed by atoms with Gasteiger partial charge in [-0.25, -0.2) is 4.79 Å². The first-order chi connectivity index (χ1) is 13.7. The normalized spacial score (nSPS) is 16.8. The van der Waals surface area contributed by atoms with E-state index in [4.69, 9.17) is 39.5 Å². The van der Waals surface area contributed by atoms with E-state index in [9.17, 15) is 9.59 Å². The molecule has 1 heterocycles. The van der Waals surface area contributed by atoms with Crippen LogP contribution < -0.4 is 5.32 Å². The molecule has 2 amide bonds. The fraction of sp³-hybridized carbons (Fsp3) is 0.300. The Balaban J connectivity index is 1.66. The standard InChI is InChI=1S/C20H19Cl3N2O3S/c1-20(2,11-28-19(27)24-14-7-8-15(22)16(23)9-14)25-17(26)10-29-18(25)12-3-5-13(21)6-4-12/h3-9,18H,10-11H2,1-2H3,(H,24,27). The van der Waals surface area contributed by atoms with Crippen molar-refractivity contribution in [3.8, 4) is 0 Å². The molecular weight excluding hydrogens is 455 g/mol. The van der Waals surface area contributed by atoms with Gasteiger partial charge in [-0.2, -0.15) is 0 Å². The molecule has 1 unspecified atom stereocenters. The number of nitrogens with zero attached hydrogens (tertiary/aromatic N) is 1. The van der Waals surface area contributed by atoms with E-state index in [0.29, 0.717) is 26.5 Å². The van der Waals surface area contributed by atoms with Gasteiger partial charge in [-0.3, -0.25) is 10.1 Å². The number of hydrogen-bond donors (Lipinski definition) is 1. The van der Waals surface area contributed by atoms with Crippen LogP contribution in [0.5, 0.6) is 0 Å². The number of carbonyl (C=O) groups is 2. The number of nitrogens with one attached hydrogen (secondary N) is 1. The van der Waals surface area contributed by atoms with E-state index >= 15 is 0 Å². The monoisotopic (exact) mass is 472 g/mol. The van der Waals surface area contributed by atoms with Crippen molar-refractivity contribution in [2.45, 2.75) is 24.8 Å². The Morgan fingerprint density at radius 2 is 1.86 bits per heavy atom. The molecule has 9 heteroatoms. The van der Waals surface area contributed by atoms with Crippen molar-refractivity contribution in [2.75, 3.05) is 17.7 Å². The highest BCUT2D eigenvalue weighted by molar-refractivity contribution is 8.00. The van der Waals surface area contributed by atoms with Crippen molar-refractivity contribution in [3.63, 3.8) is 0 Å². The van der Waals surface area contributed by atoms with Crippen LogP contribution in [-0.4, -0.2) is 34.8 Å². The third-order valence-electron chi connectivity index (χ3n) is 4.40. The summed E-state index contributed by atoms with van der Waals surface area (Å²) in [6.07, 6.45) is -0.640. The topological polar surface area (TPSA) is 58.6 Å². The molecular formula is C20H19Cl3N2O3S. The number of halogens is 3. The molecule has 0 bridgehead atoms. The number of thioether (sulfide) groups is 1. The zero-order valence-corrected chi connectivity index (χ0v) is 18.8. The second kappa shape index (κ2) is 9.04. The van der Waals surface area contributed by atoms with E-state index in [1.807, 2.05) is 26.0 Å². The maximum atomic E-state index is 12.6. The van der Waals surface area contributed by atoms with Crippen LogP contribution >= 0.6 is 46.6 Å². The van der Waals surface area contributed by atoms with Crippen molar-refractivity contribution in [1.82, 2.24) is 4.90 Å². The summed E-state index contributed by atoms with van der Waals surface area (Å²) in [7, 11) is 0. The molecule has 1 fully saturated rings. The third-order valence-corrected chi connectivity index (χ3v) is 6.60. The lowest BCUT2D eigenvalue weighted by Gasteiger charge is -2.38. The van der Waals surface area contributed by atoms with Crippen LogP contribution in [0.1, 0.15) is 24.8 Å². The molecule has 3 rings (SSSR count). The molecule has 0 radical (unpaired) electrons. The highest BCUT2D eigenvalue weighted by Gasteiger charge is 2.42. The van der Waals surface area contributed by atoms with E-state index in [1.165, 1.54) is 17.8 Å². The Morgan fingerprint density at radius 3 is 2.52 bits per heavy atom. The van der Waals surface area contributed by atoms with Crippen molar-refractivity contribution < 1.29 is 14.3 Å². The predicted octanol–water partition coefficient (Wildman–Crippen LogP) is 6.25. The lowest BCUT2D eigenvalue weighted by atomic mass is 10.0. The van der Waals surface area contributed by atoms with Crippen LogP contribution in [0.2, 0.25) is 15.1 Å². The SMILES string of the molecule is CC(C)(COC(=O)Nc1ccc(Cl)c(Cl)c1)N1C(=O)CSC1c1ccc(Cl)cc1. The minimum atomic E-state index is -0.708. The van der Waals surface area contributed by atoms with Crippen LogP contribution in [0.15, 0.2) is 42.5 Å². The fourth-order valence-electron chi connectivity index (χ4n) is 2.99. The summed E-state index contributed by atoms with van der Waals surface area (Å²) in [5.41, 5.74) is 0.729. The van der Waals surface area contributed by atoms with Crippen molar-refractivity contribution in [2.24, 2.45) is 0 Å². The number of carbonyl (C=O) groups excluding carboxylic acids is 2. The molecule has 0 aromatic heterocycles. The summed E-state index contributed by atoms with van der Waals surface area (Å²) in [6.45, 7) is 3.76. The molecule has 1 aliphatic heterocycles. The van der Waals surface area contributed by atoms with Crippen LogP contribution in [0.3, 0.4) is 0 Å². The predicted molar refractivity (Wildman–Crippen MR) is 119 cm³/mol. The van der Waals surface area contributed by atoms with Crippen LogP contribution in [0.4, 0.5) is 10.5 Å². The van der Waals surface area contributed by atoms with Gasteiger partial charge in [0, 0.05) is 10.7 Å². The fourth-order valence-corrected chi connectivity index (χ4v) is 4.76. The first-order valence-electron chi connectivity index (χ1n) is 8.75. The summed E-state index contributed by atoms with van der Waals surface area (Å²) in [6, 6.07) is 12.1. The Morgan fingerprint density at radius 1 is 1.17 bits per heavy atom. The molecule has 1 saturated heterocycles. The summed E-state index contributed by atoms with van der Waals surface area (Å²) in [5.74, 6) is 0.361. The number of amides is 2. The van der Waals surface area contributed by atoms with E-state index in [-0.39, 0.29) is 17.9 Å². The van der Waals surface area contributed by atoms with Crippen molar-refractivity contribution in [3.05, 3.63) is 63.1 Å². The quantitative estimate of drug-likeness (QED) is 0.558. The lowest BCUT2D eigenvalue weighted by molar-refractivity contribution is -0.134. The van der Waals surface area contributed by atoms with Gasteiger partial charge < -0.3 is 9.64 Å². The maximum absolute atomic E-state index is 12.6. The van der Waals surface area contributed by atoms with Crippen molar-refractivity contribution >= 4 is 64.3 Å². The van der Waals surface area contributed by atoms with Gasteiger partial charge in [0.05, 0.1) is 21.3 Å². The molecule has 29 heavy (non-hydrogen) atoms. The van der Waals surface area contributed by atoms with E-state index in [2.05, 4.69) is 5.32 Å². The molecule has 5 nitrogen and oxygen atoms in total. The molecule has 0 spiro atoms. The molecule has 2 aromatic rings. The van der Waals surface area contributed by atoms with Gasteiger partial charge in [0.15, 0.2) is 0 Å². The Kier molecular flexibility index (Phi) is 6.89. The first-order valence-corrected chi connectivity index (χ1v) is 10.9. The minimum absolute atomic E-state index is 0.00607. The molecule has 0 aliphatic carbocycles. The maximum Gasteiger partial charge on any atom is 0.411 e. The first kappa shape index (κ1) is 22.1. The summed E-state index contributed by atoms with van der Waals surface area (Å²) in [5, 5.41) is 3.79. The molecule has 1 aliphatic rings. The number of hydrogen-bond acceptors (Lipinski definition) is 4. The van der Waals surface area contributed by atoms with Gasteiger partial charge >= 0.3 is 6.09 Å². The van der Waals surface area contributed by atoms with Crippen LogP contribution in [0, 0.1) is 0 Å². The molecule has 2 aromatic carbocycles. The molecule has 1 N–H and O–H groups in total. The van der Waals surface area contributed by atoms with Gasteiger partial charge in [-0.05, 0) is 49.7 Å². The highest BCUT2D eigenvalue weighted by atomic mass is 35.5.